The zero-order valence-electron chi connectivity index (χ0n) is 13.4. The third-order valence-corrected chi connectivity index (χ3v) is 4.92. The van der Waals surface area contributed by atoms with Gasteiger partial charge in [0, 0.05) is 11.6 Å². The third kappa shape index (κ3) is 3.26. The molecule has 2 aromatic rings. The van der Waals surface area contributed by atoms with Crippen LogP contribution in [0, 0.1) is 10.1 Å². The second-order valence-corrected chi connectivity index (χ2v) is 6.87. The summed E-state index contributed by atoms with van der Waals surface area (Å²) in [5.74, 6) is -0.705. The highest BCUT2D eigenvalue weighted by atomic mass is 32.2. The summed E-state index contributed by atoms with van der Waals surface area (Å²) in [5, 5.41) is 21.3. The summed E-state index contributed by atoms with van der Waals surface area (Å²) >= 11 is 6.33. The van der Waals surface area contributed by atoms with Crippen molar-refractivity contribution in [2.24, 2.45) is 0 Å². The summed E-state index contributed by atoms with van der Waals surface area (Å²) in [5.41, 5.74) is 0.466. The van der Waals surface area contributed by atoms with Gasteiger partial charge in [-0.15, -0.1) is 0 Å². The minimum atomic E-state index is -0.603. The number of ether oxygens (including phenoxy) is 1. The number of carbonyl (C=O) groups is 1. The topological polar surface area (TPSA) is 92.9 Å². The predicted octanol–water partition coefficient (Wildman–Crippen LogP) is 3.71. The van der Waals surface area contributed by atoms with E-state index in [4.69, 9.17) is 17.0 Å². The highest BCUT2D eigenvalue weighted by molar-refractivity contribution is 8.27. The van der Waals surface area contributed by atoms with Gasteiger partial charge < -0.3 is 9.84 Å². The SMILES string of the molecule is COc1cc([N+](=O)[O-])cc(/C=C2/SC(=S)N(c3ccccc3)C2=O)c1O. The van der Waals surface area contributed by atoms with Crippen molar-refractivity contribution in [1.82, 2.24) is 0 Å². The third-order valence-electron chi connectivity index (χ3n) is 3.61. The number of nitro benzene ring substituents is 1. The normalized spacial score (nSPS) is 15.6. The molecule has 1 aliphatic heterocycles. The Morgan fingerprint density at radius 1 is 1.31 bits per heavy atom. The molecule has 3 rings (SSSR count). The molecule has 0 unspecified atom stereocenters. The number of hydrogen-bond donors (Lipinski definition) is 1. The van der Waals surface area contributed by atoms with Crippen LogP contribution >= 0.6 is 24.0 Å². The van der Waals surface area contributed by atoms with Gasteiger partial charge in [-0.1, -0.05) is 42.2 Å². The number of thioether (sulfide) groups is 1. The molecule has 0 bridgehead atoms. The van der Waals surface area contributed by atoms with Crippen molar-refractivity contribution in [3.8, 4) is 11.5 Å². The lowest BCUT2D eigenvalue weighted by atomic mass is 10.1. The molecule has 0 atom stereocenters. The lowest BCUT2D eigenvalue weighted by molar-refractivity contribution is -0.385. The van der Waals surface area contributed by atoms with Crippen molar-refractivity contribution < 1.29 is 19.6 Å². The van der Waals surface area contributed by atoms with E-state index in [1.807, 2.05) is 6.07 Å². The average molecular weight is 388 g/mol. The van der Waals surface area contributed by atoms with Gasteiger partial charge in [-0.3, -0.25) is 19.8 Å². The smallest absolute Gasteiger partial charge is 0.274 e. The molecule has 132 valence electrons. The van der Waals surface area contributed by atoms with Crippen molar-refractivity contribution in [2.45, 2.75) is 0 Å². The van der Waals surface area contributed by atoms with Crippen molar-refractivity contribution >= 4 is 51.7 Å². The first-order valence-corrected chi connectivity index (χ1v) is 8.53. The number of thiocarbonyl (C=S) groups is 1. The van der Waals surface area contributed by atoms with Crippen LogP contribution in [0.5, 0.6) is 11.5 Å². The molecule has 1 fully saturated rings. The van der Waals surface area contributed by atoms with Gasteiger partial charge in [0.25, 0.3) is 11.6 Å². The van der Waals surface area contributed by atoms with Gasteiger partial charge in [-0.25, -0.2) is 0 Å². The number of methoxy groups -OCH3 is 1. The lowest BCUT2D eigenvalue weighted by Crippen LogP contribution is -2.27. The monoisotopic (exact) mass is 388 g/mol. The van der Waals surface area contributed by atoms with Crippen LogP contribution in [-0.4, -0.2) is 27.4 Å². The lowest BCUT2D eigenvalue weighted by Gasteiger charge is -2.13. The van der Waals surface area contributed by atoms with Crippen LogP contribution in [0.3, 0.4) is 0 Å². The molecule has 0 spiro atoms. The molecule has 1 N–H and O–H groups in total. The molecule has 0 radical (unpaired) electrons. The maximum Gasteiger partial charge on any atom is 0.274 e. The molecule has 1 amide bonds. The summed E-state index contributed by atoms with van der Waals surface area (Å²) in [6.07, 6.45) is 1.37. The number of nitrogens with zero attached hydrogens (tertiary/aromatic N) is 2. The first kappa shape index (κ1) is 17.9. The molecule has 0 aromatic heterocycles. The summed E-state index contributed by atoms with van der Waals surface area (Å²) < 4.78 is 5.31. The van der Waals surface area contributed by atoms with Crippen LogP contribution in [0.2, 0.25) is 0 Å². The number of para-hydroxylation sites is 1. The number of anilines is 1. The van der Waals surface area contributed by atoms with E-state index < -0.39 is 4.92 Å². The number of amides is 1. The average Bonchev–Trinajstić information content (AvgIpc) is 2.90. The molecule has 1 aliphatic rings. The Kier molecular flexibility index (Phi) is 4.92. The first-order chi connectivity index (χ1) is 12.4. The molecule has 1 saturated heterocycles. The molecule has 0 saturated carbocycles. The molecule has 2 aromatic carbocycles. The molecule has 9 heteroatoms. The number of rotatable bonds is 4. The zero-order chi connectivity index (χ0) is 18.8. The number of phenols is 1. The number of aromatic hydroxyl groups is 1. The Bertz CT molecular complexity index is 944. The number of hydrogen-bond acceptors (Lipinski definition) is 7. The van der Waals surface area contributed by atoms with Gasteiger partial charge >= 0.3 is 0 Å². The number of non-ortho nitro benzene ring substituents is 1. The van der Waals surface area contributed by atoms with Crippen molar-refractivity contribution in [1.29, 1.82) is 0 Å². The molecule has 0 aliphatic carbocycles. The van der Waals surface area contributed by atoms with Crippen LogP contribution in [0.15, 0.2) is 47.4 Å². The van der Waals surface area contributed by atoms with E-state index in [0.717, 1.165) is 17.8 Å². The second-order valence-electron chi connectivity index (χ2n) is 5.20. The van der Waals surface area contributed by atoms with E-state index in [1.54, 1.807) is 24.3 Å². The first-order valence-electron chi connectivity index (χ1n) is 7.30. The maximum absolute atomic E-state index is 12.7. The Labute approximate surface area is 158 Å². The van der Waals surface area contributed by atoms with Crippen LogP contribution in [-0.2, 0) is 4.79 Å². The van der Waals surface area contributed by atoms with Crippen LogP contribution in [0.1, 0.15) is 5.56 Å². The van der Waals surface area contributed by atoms with Gasteiger partial charge in [0.15, 0.2) is 15.8 Å². The predicted molar refractivity (Wildman–Crippen MR) is 103 cm³/mol. The van der Waals surface area contributed by atoms with E-state index in [-0.39, 0.29) is 33.6 Å². The van der Waals surface area contributed by atoms with E-state index >= 15 is 0 Å². The number of nitro groups is 1. The quantitative estimate of drug-likeness (QED) is 0.369. The van der Waals surface area contributed by atoms with Crippen LogP contribution in [0.25, 0.3) is 6.08 Å². The highest BCUT2D eigenvalue weighted by Crippen LogP contribution is 2.40. The van der Waals surface area contributed by atoms with Gasteiger partial charge in [-0.05, 0) is 18.2 Å². The van der Waals surface area contributed by atoms with Crippen molar-refractivity contribution in [2.75, 3.05) is 12.0 Å². The van der Waals surface area contributed by atoms with Gasteiger partial charge in [0.05, 0.1) is 28.7 Å². The second kappa shape index (κ2) is 7.14. The van der Waals surface area contributed by atoms with Crippen molar-refractivity contribution in [3.05, 3.63) is 63.0 Å². The van der Waals surface area contributed by atoms with E-state index in [9.17, 15) is 20.0 Å². The summed E-state index contributed by atoms with van der Waals surface area (Å²) in [6.45, 7) is 0. The van der Waals surface area contributed by atoms with Gasteiger partial charge in [0.1, 0.15) is 0 Å². The van der Waals surface area contributed by atoms with E-state index in [2.05, 4.69) is 0 Å². The highest BCUT2D eigenvalue weighted by Gasteiger charge is 2.33. The fourth-order valence-electron chi connectivity index (χ4n) is 2.39. The Morgan fingerprint density at radius 2 is 2.00 bits per heavy atom. The van der Waals surface area contributed by atoms with E-state index in [1.165, 1.54) is 24.2 Å². The summed E-state index contributed by atoms with van der Waals surface area (Å²) in [6, 6.07) is 11.2. The standard InChI is InChI=1S/C17H12N2O5S2/c1-24-13-9-12(19(22)23)7-10(15(13)20)8-14-16(21)18(17(25)26-14)11-5-3-2-4-6-11/h2-9,20H,1H3/b14-8+. The zero-order valence-corrected chi connectivity index (χ0v) is 15.0. The molecular formula is C17H12N2O5S2. The minimum Gasteiger partial charge on any atom is -0.504 e. The largest absolute Gasteiger partial charge is 0.504 e. The molecule has 7 nitrogen and oxygen atoms in total. The van der Waals surface area contributed by atoms with Crippen LogP contribution < -0.4 is 9.64 Å². The number of carbonyl (C=O) groups excluding carboxylic acids is 1. The fourth-order valence-corrected chi connectivity index (χ4v) is 3.68. The minimum absolute atomic E-state index is 0.0519. The number of phenolic OH excluding ortho intramolecular Hbond substituents is 1. The fraction of sp³-hybridized carbons (Fsp3) is 0.0588. The van der Waals surface area contributed by atoms with E-state index in [0.29, 0.717) is 10.0 Å². The van der Waals surface area contributed by atoms with Crippen molar-refractivity contribution in [3.63, 3.8) is 0 Å². The molecule has 26 heavy (non-hydrogen) atoms. The molecular weight excluding hydrogens is 376 g/mol. The Morgan fingerprint density at radius 3 is 2.62 bits per heavy atom. The Balaban J connectivity index is 2.03. The molecule has 1 heterocycles. The summed E-state index contributed by atoms with van der Waals surface area (Å²) in [7, 11) is 1.29. The van der Waals surface area contributed by atoms with Crippen LogP contribution in [0.4, 0.5) is 11.4 Å². The maximum atomic E-state index is 12.7. The number of benzene rings is 2. The summed E-state index contributed by atoms with van der Waals surface area (Å²) in [4.78, 5) is 24.8. The Hall–Kier alpha value is -2.91. The van der Waals surface area contributed by atoms with Gasteiger partial charge in [0.2, 0.25) is 0 Å². The van der Waals surface area contributed by atoms with Gasteiger partial charge in [-0.2, -0.15) is 0 Å².